The van der Waals surface area contributed by atoms with Gasteiger partial charge in [-0.15, -0.1) is 0 Å². The molecule has 1 aromatic carbocycles. The first-order valence-corrected chi connectivity index (χ1v) is 7.96. The molecule has 106 valence electrons. The van der Waals surface area contributed by atoms with Gasteiger partial charge >= 0.3 is 11.1 Å². The SMILES string of the molecule is CCOc1ccc([C@@H]2CC(=O)N3CCC[NH+]=C3S2)cc1. The second kappa shape index (κ2) is 5.87. The number of ether oxygens (including phenoxy) is 1. The highest BCUT2D eigenvalue weighted by atomic mass is 32.2. The van der Waals surface area contributed by atoms with Crippen LogP contribution < -0.4 is 9.73 Å². The molecular formula is C15H19N2O2S+. The lowest BCUT2D eigenvalue weighted by molar-refractivity contribution is -0.465. The van der Waals surface area contributed by atoms with Crippen molar-refractivity contribution < 1.29 is 14.5 Å². The topological polar surface area (TPSA) is 43.5 Å². The standard InChI is InChI=1S/C15H18N2O2S/c1-2-19-12-6-4-11(5-7-12)13-10-14(18)17-9-3-8-16-15(17)20-13/h4-7,13H,2-3,8-10H2,1H3/p+1/t13-/m0/s1. The van der Waals surface area contributed by atoms with E-state index >= 15 is 0 Å². The number of hydrogen-bond donors (Lipinski definition) is 1. The van der Waals surface area contributed by atoms with Crippen molar-refractivity contribution in [2.75, 3.05) is 19.7 Å². The number of hydrogen-bond acceptors (Lipinski definition) is 3. The highest BCUT2D eigenvalue weighted by molar-refractivity contribution is 8.13. The van der Waals surface area contributed by atoms with Gasteiger partial charge in [0.2, 0.25) is 0 Å². The largest absolute Gasteiger partial charge is 0.494 e. The van der Waals surface area contributed by atoms with Crippen molar-refractivity contribution >= 4 is 22.8 Å². The first-order chi connectivity index (χ1) is 9.78. The fourth-order valence-corrected chi connectivity index (χ4v) is 3.84. The minimum Gasteiger partial charge on any atom is -0.494 e. The van der Waals surface area contributed by atoms with E-state index in [0.717, 1.165) is 30.4 Å². The maximum Gasteiger partial charge on any atom is 0.314 e. The molecule has 0 saturated carbocycles. The second-order valence-electron chi connectivity index (χ2n) is 4.94. The Morgan fingerprint density at radius 1 is 1.40 bits per heavy atom. The van der Waals surface area contributed by atoms with Crippen molar-refractivity contribution in [2.45, 2.75) is 25.0 Å². The van der Waals surface area contributed by atoms with Crippen molar-refractivity contribution in [3.63, 3.8) is 0 Å². The van der Waals surface area contributed by atoms with Crippen LogP contribution >= 0.6 is 11.8 Å². The molecule has 0 radical (unpaired) electrons. The third-order valence-electron chi connectivity index (χ3n) is 3.56. The smallest absolute Gasteiger partial charge is 0.314 e. The van der Waals surface area contributed by atoms with Gasteiger partial charge < -0.3 is 4.74 Å². The lowest BCUT2D eigenvalue weighted by atomic mass is 10.1. The molecule has 2 heterocycles. The zero-order valence-corrected chi connectivity index (χ0v) is 12.4. The molecule has 20 heavy (non-hydrogen) atoms. The van der Waals surface area contributed by atoms with Gasteiger partial charge in [0.1, 0.15) is 5.75 Å². The number of carbonyl (C=O) groups is 1. The van der Waals surface area contributed by atoms with Crippen LogP contribution in [0.2, 0.25) is 0 Å². The van der Waals surface area contributed by atoms with Crippen LogP contribution in [-0.4, -0.2) is 35.7 Å². The first kappa shape index (κ1) is 13.5. The van der Waals surface area contributed by atoms with Crippen molar-refractivity contribution in [3.8, 4) is 5.75 Å². The Morgan fingerprint density at radius 3 is 2.95 bits per heavy atom. The molecule has 4 nitrogen and oxygen atoms in total. The van der Waals surface area contributed by atoms with Crippen molar-refractivity contribution in [2.24, 2.45) is 0 Å². The minimum atomic E-state index is 0.204. The molecule has 2 aliphatic rings. The zero-order valence-electron chi connectivity index (χ0n) is 11.6. The first-order valence-electron chi connectivity index (χ1n) is 7.08. The maximum absolute atomic E-state index is 12.2. The number of amidine groups is 1. The number of thioether (sulfide) groups is 1. The second-order valence-corrected chi connectivity index (χ2v) is 6.13. The van der Waals surface area contributed by atoms with Gasteiger partial charge in [0.15, 0.2) is 0 Å². The van der Waals surface area contributed by atoms with Crippen LogP contribution in [0.5, 0.6) is 5.75 Å². The number of benzene rings is 1. The van der Waals surface area contributed by atoms with Crippen LogP contribution in [0.25, 0.3) is 0 Å². The third kappa shape index (κ3) is 2.68. The number of fused-ring (bicyclic) bond motifs is 1. The molecule has 0 spiro atoms. The third-order valence-corrected chi connectivity index (χ3v) is 4.87. The Bertz CT molecular complexity index is 527. The summed E-state index contributed by atoms with van der Waals surface area (Å²) in [6.07, 6.45) is 1.60. The number of nitrogens with one attached hydrogen (secondary N) is 1. The van der Waals surface area contributed by atoms with Crippen LogP contribution in [0.4, 0.5) is 0 Å². The summed E-state index contributed by atoms with van der Waals surface area (Å²) in [7, 11) is 0. The van der Waals surface area contributed by atoms with E-state index in [0.29, 0.717) is 13.0 Å². The fraction of sp³-hybridized carbons (Fsp3) is 0.467. The van der Waals surface area contributed by atoms with Crippen LogP contribution in [0.1, 0.15) is 30.6 Å². The fourth-order valence-electron chi connectivity index (χ4n) is 2.55. The van der Waals surface area contributed by atoms with E-state index in [2.05, 4.69) is 17.1 Å². The lowest BCUT2D eigenvalue weighted by Gasteiger charge is -2.28. The molecule has 1 saturated heterocycles. The van der Waals surface area contributed by atoms with Gasteiger partial charge in [-0.05, 0) is 36.4 Å². The van der Waals surface area contributed by atoms with Crippen molar-refractivity contribution in [3.05, 3.63) is 29.8 Å². The van der Waals surface area contributed by atoms with Gasteiger partial charge in [-0.2, -0.15) is 4.90 Å². The average Bonchev–Trinajstić information content (AvgIpc) is 2.48. The van der Waals surface area contributed by atoms with E-state index in [-0.39, 0.29) is 11.2 Å². The summed E-state index contributed by atoms with van der Waals surface area (Å²) in [4.78, 5) is 17.4. The maximum atomic E-state index is 12.2. The summed E-state index contributed by atoms with van der Waals surface area (Å²) in [5.74, 6) is 1.11. The molecular weight excluding hydrogens is 272 g/mol. The molecule has 2 aliphatic heterocycles. The number of nitrogens with zero attached hydrogens (tertiary/aromatic N) is 1. The Balaban J connectivity index is 1.77. The molecule has 1 fully saturated rings. The van der Waals surface area contributed by atoms with Crippen LogP contribution in [0.15, 0.2) is 24.3 Å². The molecule has 5 heteroatoms. The summed E-state index contributed by atoms with van der Waals surface area (Å²) in [6, 6.07) is 8.09. The molecule has 3 rings (SSSR count). The number of carbonyl (C=O) groups excluding carboxylic acids is 1. The normalized spacial score (nSPS) is 22.2. The van der Waals surface area contributed by atoms with Crippen LogP contribution in [0, 0.1) is 0 Å². The van der Waals surface area contributed by atoms with E-state index in [1.54, 1.807) is 11.8 Å². The van der Waals surface area contributed by atoms with Crippen molar-refractivity contribution in [1.29, 1.82) is 0 Å². The lowest BCUT2D eigenvalue weighted by Crippen LogP contribution is -2.79. The number of rotatable bonds is 3. The van der Waals surface area contributed by atoms with Gasteiger partial charge in [-0.3, -0.25) is 4.99 Å². The van der Waals surface area contributed by atoms with Gasteiger partial charge in [0.25, 0.3) is 0 Å². The number of amides is 1. The van der Waals surface area contributed by atoms with Crippen LogP contribution in [-0.2, 0) is 4.79 Å². The van der Waals surface area contributed by atoms with E-state index in [1.165, 1.54) is 5.56 Å². The molecule has 1 aromatic rings. The summed E-state index contributed by atoms with van der Waals surface area (Å²) in [5, 5.41) is 1.22. The molecule has 1 amide bonds. The van der Waals surface area contributed by atoms with Crippen molar-refractivity contribution in [1.82, 2.24) is 4.90 Å². The van der Waals surface area contributed by atoms with Gasteiger partial charge in [0, 0.05) is 6.42 Å². The molecule has 1 atom stereocenters. The van der Waals surface area contributed by atoms with Gasteiger partial charge in [-0.1, -0.05) is 12.1 Å². The van der Waals surface area contributed by atoms with Crippen LogP contribution in [0.3, 0.4) is 0 Å². The highest BCUT2D eigenvalue weighted by Gasteiger charge is 2.39. The van der Waals surface area contributed by atoms with E-state index in [9.17, 15) is 4.79 Å². The Morgan fingerprint density at radius 2 is 2.20 bits per heavy atom. The average molecular weight is 291 g/mol. The zero-order chi connectivity index (χ0) is 13.9. The molecule has 1 N–H and O–H groups in total. The van der Waals surface area contributed by atoms with E-state index < -0.39 is 0 Å². The highest BCUT2D eigenvalue weighted by Crippen LogP contribution is 2.38. The molecule has 0 bridgehead atoms. The molecule has 0 aromatic heterocycles. The van der Waals surface area contributed by atoms with Gasteiger partial charge in [0.05, 0.1) is 31.4 Å². The predicted octanol–water partition coefficient (Wildman–Crippen LogP) is 0.932. The predicted molar refractivity (Wildman–Crippen MR) is 79.7 cm³/mol. The summed E-state index contributed by atoms with van der Waals surface area (Å²) >= 11 is 1.76. The minimum absolute atomic E-state index is 0.204. The van der Waals surface area contributed by atoms with E-state index in [4.69, 9.17) is 4.74 Å². The monoisotopic (exact) mass is 291 g/mol. The van der Waals surface area contributed by atoms with E-state index in [1.807, 2.05) is 24.0 Å². The Kier molecular flexibility index (Phi) is 3.96. The quantitative estimate of drug-likeness (QED) is 0.901. The van der Waals surface area contributed by atoms with Gasteiger partial charge in [-0.25, -0.2) is 4.79 Å². The Hall–Kier alpha value is -1.49. The Labute approximate surface area is 123 Å². The summed E-state index contributed by atoms with van der Waals surface area (Å²) < 4.78 is 5.46. The molecule has 0 aliphatic carbocycles. The molecule has 0 unspecified atom stereocenters. The summed E-state index contributed by atoms with van der Waals surface area (Å²) in [6.45, 7) is 4.46. The summed E-state index contributed by atoms with van der Waals surface area (Å²) in [5.41, 5.74) is 1.19.